The molecule has 0 bridgehead atoms. The van der Waals surface area contributed by atoms with Crippen LogP contribution in [0.15, 0.2) is 115 Å². The highest BCUT2D eigenvalue weighted by Gasteiger charge is 2.08. The van der Waals surface area contributed by atoms with E-state index in [9.17, 15) is 14.4 Å². The number of carbonyl (C=O) groups is 3. The summed E-state index contributed by atoms with van der Waals surface area (Å²) in [4.78, 5) is 37.4. The lowest BCUT2D eigenvalue weighted by atomic mass is 10.1. The van der Waals surface area contributed by atoms with E-state index in [1.54, 1.807) is 78.9 Å². The van der Waals surface area contributed by atoms with Crippen molar-refractivity contribution in [2.24, 2.45) is 0 Å². The number of amides is 2. The van der Waals surface area contributed by atoms with Gasteiger partial charge in [0.05, 0.1) is 0 Å². The van der Waals surface area contributed by atoms with Crippen LogP contribution in [-0.4, -0.2) is 17.6 Å². The smallest absolute Gasteiger partial charge is 0.255 e. The van der Waals surface area contributed by atoms with Gasteiger partial charge in [0, 0.05) is 28.1 Å². The minimum Gasteiger partial charge on any atom is -0.322 e. The second kappa shape index (κ2) is 10.7. The van der Waals surface area contributed by atoms with Crippen molar-refractivity contribution in [1.29, 1.82) is 0 Å². The zero-order valence-corrected chi connectivity index (χ0v) is 18.3. The van der Waals surface area contributed by atoms with Crippen LogP contribution in [0.3, 0.4) is 0 Å². The van der Waals surface area contributed by atoms with Crippen molar-refractivity contribution in [3.63, 3.8) is 0 Å². The van der Waals surface area contributed by atoms with Crippen molar-refractivity contribution in [1.82, 2.24) is 0 Å². The highest BCUT2D eigenvalue weighted by Crippen LogP contribution is 2.16. The molecule has 34 heavy (non-hydrogen) atoms. The molecule has 0 radical (unpaired) electrons. The third-order valence-corrected chi connectivity index (χ3v) is 5.05. The number of allylic oxidation sites excluding steroid dienone is 1. The number of carbonyl (C=O) groups excluding carboxylic acids is 3. The Kier molecular flexibility index (Phi) is 7.06. The van der Waals surface area contributed by atoms with E-state index in [4.69, 9.17) is 0 Å². The zero-order valence-electron chi connectivity index (χ0n) is 18.3. The molecule has 0 aliphatic heterocycles. The van der Waals surface area contributed by atoms with Gasteiger partial charge in [-0.1, -0.05) is 66.7 Å². The summed E-state index contributed by atoms with van der Waals surface area (Å²) in [6, 6.07) is 31.9. The molecule has 0 fully saturated rings. The second-order valence-electron chi connectivity index (χ2n) is 7.54. The van der Waals surface area contributed by atoms with Crippen molar-refractivity contribution in [3.8, 4) is 0 Å². The van der Waals surface area contributed by atoms with E-state index in [1.807, 2.05) is 36.4 Å². The van der Waals surface area contributed by atoms with E-state index in [0.717, 1.165) is 5.56 Å². The number of anilines is 2. The molecular weight excluding hydrogens is 424 g/mol. The average Bonchev–Trinajstić information content (AvgIpc) is 2.88. The molecule has 2 N–H and O–H groups in total. The van der Waals surface area contributed by atoms with E-state index in [0.29, 0.717) is 28.1 Å². The van der Waals surface area contributed by atoms with Crippen LogP contribution in [0.5, 0.6) is 0 Å². The molecule has 0 aromatic heterocycles. The van der Waals surface area contributed by atoms with Crippen LogP contribution >= 0.6 is 0 Å². The van der Waals surface area contributed by atoms with Gasteiger partial charge in [-0.2, -0.15) is 0 Å². The average molecular weight is 447 g/mol. The Hall–Kier alpha value is -4.77. The molecule has 0 spiro atoms. The summed E-state index contributed by atoms with van der Waals surface area (Å²) in [6.45, 7) is 0. The van der Waals surface area contributed by atoms with Gasteiger partial charge in [-0.3, -0.25) is 14.4 Å². The molecule has 5 heteroatoms. The highest BCUT2D eigenvalue weighted by atomic mass is 16.2. The minimum atomic E-state index is -0.241. The second-order valence-corrected chi connectivity index (χ2v) is 7.54. The summed E-state index contributed by atoms with van der Waals surface area (Å²) in [7, 11) is 0. The van der Waals surface area contributed by atoms with Crippen LogP contribution in [0.25, 0.3) is 6.08 Å². The zero-order chi connectivity index (χ0) is 23.8. The molecule has 166 valence electrons. The van der Waals surface area contributed by atoms with E-state index < -0.39 is 0 Å². The Balaban J connectivity index is 1.42. The maximum atomic E-state index is 12.7. The van der Waals surface area contributed by atoms with Gasteiger partial charge in [0.1, 0.15) is 0 Å². The Morgan fingerprint density at radius 1 is 0.529 bits per heavy atom. The van der Waals surface area contributed by atoms with Crippen molar-refractivity contribution in [2.45, 2.75) is 0 Å². The molecule has 4 rings (SSSR count). The molecule has 0 saturated heterocycles. The first-order chi connectivity index (χ1) is 16.6. The van der Waals surface area contributed by atoms with E-state index in [2.05, 4.69) is 10.6 Å². The summed E-state index contributed by atoms with van der Waals surface area (Å²) < 4.78 is 0. The van der Waals surface area contributed by atoms with Crippen molar-refractivity contribution in [2.75, 3.05) is 10.6 Å². The van der Waals surface area contributed by atoms with E-state index >= 15 is 0 Å². The van der Waals surface area contributed by atoms with E-state index in [1.165, 1.54) is 6.08 Å². The molecule has 5 nitrogen and oxygen atoms in total. The Labute approximate surface area is 197 Å². The molecule has 0 atom stereocenters. The predicted molar refractivity (Wildman–Crippen MR) is 135 cm³/mol. The Morgan fingerprint density at radius 3 is 1.62 bits per heavy atom. The maximum Gasteiger partial charge on any atom is 0.255 e. The summed E-state index contributed by atoms with van der Waals surface area (Å²) in [5, 5.41) is 5.67. The van der Waals surface area contributed by atoms with Crippen LogP contribution < -0.4 is 10.6 Å². The number of benzene rings is 4. The molecule has 4 aromatic rings. The van der Waals surface area contributed by atoms with Gasteiger partial charge in [0.2, 0.25) is 0 Å². The molecule has 0 aliphatic rings. The fraction of sp³-hybridized carbons (Fsp3) is 0. The molecule has 4 aromatic carbocycles. The normalized spacial score (nSPS) is 10.6. The summed E-state index contributed by atoms with van der Waals surface area (Å²) >= 11 is 0. The van der Waals surface area contributed by atoms with Crippen molar-refractivity contribution >= 4 is 35.0 Å². The third-order valence-electron chi connectivity index (χ3n) is 5.05. The molecule has 0 aliphatic carbocycles. The molecule has 0 saturated carbocycles. The van der Waals surface area contributed by atoms with Crippen LogP contribution in [0.4, 0.5) is 11.4 Å². The summed E-state index contributed by atoms with van der Waals surface area (Å²) in [5.41, 5.74) is 3.51. The van der Waals surface area contributed by atoms with Gasteiger partial charge >= 0.3 is 0 Å². The van der Waals surface area contributed by atoms with Gasteiger partial charge in [0.15, 0.2) is 5.78 Å². The lowest BCUT2D eigenvalue weighted by Gasteiger charge is -2.07. The van der Waals surface area contributed by atoms with Gasteiger partial charge < -0.3 is 10.6 Å². The number of ketones is 1. The monoisotopic (exact) mass is 446 g/mol. The molecule has 0 heterocycles. The fourth-order valence-corrected chi connectivity index (χ4v) is 3.32. The number of hydrogen-bond donors (Lipinski definition) is 2. The standard InChI is InChI=1S/C29H22N2O3/c32-27(24-14-8-16-26(20-24)31-29(34)23-12-5-2-6-13-23)18-17-21-9-7-15-25(19-21)30-28(33)22-10-3-1-4-11-22/h1-20H,(H,30,33)(H,31,34)/b18-17+. The first-order valence-electron chi connectivity index (χ1n) is 10.7. The molecular formula is C29H22N2O3. The van der Waals surface area contributed by atoms with Gasteiger partial charge in [-0.25, -0.2) is 0 Å². The lowest BCUT2D eigenvalue weighted by molar-refractivity contribution is 0.101. The quantitative estimate of drug-likeness (QED) is 0.267. The van der Waals surface area contributed by atoms with Crippen LogP contribution in [0, 0.1) is 0 Å². The first-order valence-corrected chi connectivity index (χ1v) is 10.7. The first kappa shape index (κ1) is 22.4. The fourth-order valence-electron chi connectivity index (χ4n) is 3.32. The SMILES string of the molecule is O=C(/C=C/c1cccc(NC(=O)c2ccccc2)c1)c1cccc(NC(=O)c2ccccc2)c1. The van der Waals surface area contributed by atoms with Crippen molar-refractivity contribution < 1.29 is 14.4 Å². The number of hydrogen-bond acceptors (Lipinski definition) is 3. The highest BCUT2D eigenvalue weighted by molar-refractivity contribution is 6.09. The number of nitrogens with one attached hydrogen (secondary N) is 2. The molecule has 0 unspecified atom stereocenters. The van der Waals surface area contributed by atoms with Crippen LogP contribution in [0.2, 0.25) is 0 Å². The number of rotatable bonds is 7. The van der Waals surface area contributed by atoms with Crippen LogP contribution in [0.1, 0.15) is 36.6 Å². The summed E-state index contributed by atoms with van der Waals surface area (Å²) in [5.74, 6) is -0.642. The Morgan fingerprint density at radius 2 is 1.03 bits per heavy atom. The van der Waals surface area contributed by atoms with Gasteiger partial charge in [-0.05, 0) is 60.2 Å². The van der Waals surface area contributed by atoms with Gasteiger partial charge in [0.25, 0.3) is 11.8 Å². The third kappa shape index (κ3) is 5.93. The van der Waals surface area contributed by atoms with Crippen molar-refractivity contribution in [3.05, 3.63) is 138 Å². The predicted octanol–water partition coefficient (Wildman–Crippen LogP) is 6.09. The minimum absolute atomic E-state index is 0.200. The largest absolute Gasteiger partial charge is 0.322 e. The topological polar surface area (TPSA) is 75.3 Å². The van der Waals surface area contributed by atoms with E-state index in [-0.39, 0.29) is 17.6 Å². The molecule has 2 amide bonds. The Bertz CT molecular complexity index is 1350. The summed E-state index contributed by atoms with van der Waals surface area (Å²) in [6.07, 6.45) is 3.16. The van der Waals surface area contributed by atoms with Gasteiger partial charge in [-0.15, -0.1) is 0 Å². The lowest BCUT2D eigenvalue weighted by Crippen LogP contribution is -2.12. The van der Waals surface area contributed by atoms with Crippen LogP contribution in [-0.2, 0) is 0 Å². The maximum absolute atomic E-state index is 12.7.